The van der Waals surface area contributed by atoms with Gasteiger partial charge in [0, 0.05) is 35.5 Å². The van der Waals surface area contributed by atoms with E-state index >= 15 is 0 Å². The maximum atomic E-state index is 11.7. The lowest BCUT2D eigenvalue weighted by Crippen LogP contribution is -2.29. The van der Waals surface area contributed by atoms with Crippen LogP contribution in [0.2, 0.25) is 5.02 Å². The zero-order valence-electron chi connectivity index (χ0n) is 14.1. The number of halogens is 1. The summed E-state index contributed by atoms with van der Waals surface area (Å²) in [6.45, 7) is 6.77. The van der Waals surface area contributed by atoms with Gasteiger partial charge in [-0.3, -0.25) is 9.69 Å². The topological polar surface area (TPSA) is 45.2 Å². The van der Waals surface area contributed by atoms with Crippen molar-refractivity contribution < 1.29 is 4.79 Å². The molecule has 4 nitrogen and oxygen atoms in total. The van der Waals surface area contributed by atoms with Crippen molar-refractivity contribution in [3.8, 4) is 10.6 Å². The van der Waals surface area contributed by atoms with Crippen LogP contribution in [0.1, 0.15) is 24.3 Å². The lowest BCUT2D eigenvalue weighted by molar-refractivity contribution is -0.114. The number of benzene rings is 1. The highest BCUT2D eigenvalue weighted by molar-refractivity contribution is 7.23. The maximum absolute atomic E-state index is 11.7. The fourth-order valence-electron chi connectivity index (χ4n) is 3.21. The minimum absolute atomic E-state index is 0.0450. The zero-order chi connectivity index (χ0) is 17.6. The van der Waals surface area contributed by atoms with Crippen LogP contribution in [0.3, 0.4) is 0 Å². The molecule has 3 aromatic rings. The number of likely N-dealkylation sites (N-methyl/N-ethyl adjacent to an activating group) is 1. The number of hydrogen-bond acceptors (Lipinski definition) is 5. The average Bonchev–Trinajstić information content (AvgIpc) is 3.13. The molecule has 3 heterocycles. The van der Waals surface area contributed by atoms with Crippen LogP contribution < -0.4 is 5.32 Å². The zero-order valence-corrected chi connectivity index (χ0v) is 16.4. The fourth-order valence-corrected chi connectivity index (χ4v) is 5.93. The number of rotatable bonds is 3. The molecule has 0 saturated carbocycles. The Morgan fingerprint density at radius 3 is 3.00 bits per heavy atom. The van der Waals surface area contributed by atoms with Gasteiger partial charge in [-0.1, -0.05) is 18.5 Å². The molecule has 0 unspecified atom stereocenters. The second-order valence-electron chi connectivity index (χ2n) is 6.14. The molecular weight excluding hydrogens is 374 g/mol. The molecule has 0 radical (unpaired) electrons. The lowest BCUT2D eigenvalue weighted by atomic mass is 10.0. The van der Waals surface area contributed by atoms with Crippen molar-refractivity contribution in [1.82, 2.24) is 9.88 Å². The quantitative estimate of drug-likeness (QED) is 0.682. The standard InChI is InChI=1S/C18H18ClN3OS2/c1-3-22-7-6-12-15(9-22)25-17(20-10(2)23)16(12)18-21-13-5-4-11(19)8-14(13)24-18/h4-5,8H,3,6-7,9H2,1-2H3,(H,20,23). The summed E-state index contributed by atoms with van der Waals surface area (Å²) in [7, 11) is 0. The smallest absolute Gasteiger partial charge is 0.221 e. The van der Waals surface area contributed by atoms with Crippen LogP contribution in [0.25, 0.3) is 20.8 Å². The Kier molecular flexibility index (Phi) is 4.54. The second kappa shape index (κ2) is 6.68. The van der Waals surface area contributed by atoms with E-state index in [4.69, 9.17) is 16.6 Å². The number of nitrogens with zero attached hydrogens (tertiary/aromatic N) is 2. The number of carbonyl (C=O) groups is 1. The predicted octanol–water partition coefficient (Wildman–Crippen LogP) is 5.01. The van der Waals surface area contributed by atoms with Gasteiger partial charge in [0.1, 0.15) is 10.0 Å². The van der Waals surface area contributed by atoms with Crippen molar-refractivity contribution in [2.45, 2.75) is 26.8 Å². The summed E-state index contributed by atoms with van der Waals surface area (Å²) in [5, 5.41) is 5.62. The second-order valence-corrected chi connectivity index (χ2v) is 8.71. The van der Waals surface area contributed by atoms with Crippen LogP contribution in [0, 0.1) is 0 Å². The first kappa shape index (κ1) is 17.0. The van der Waals surface area contributed by atoms with Crippen LogP contribution in [0.4, 0.5) is 5.00 Å². The van der Waals surface area contributed by atoms with Gasteiger partial charge in [0.05, 0.1) is 10.2 Å². The van der Waals surface area contributed by atoms with E-state index in [2.05, 4.69) is 17.1 Å². The third kappa shape index (κ3) is 3.19. The van der Waals surface area contributed by atoms with Crippen LogP contribution in [0.15, 0.2) is 18.2 Å². The van der Waals surface area contributed by atoms with Gasteiger partial charge in [0.2, 0.25) is 5.91 Å². The number of anilines is 1. The number of thiazole rings is 1. The Labute approximate surface area is 159 Å². The van der Waals surface area contributed by atoms with Crippen molar-refractivity contribution in [2.24, 2.45) is 0 Å². The first-order chi connectivity index (χ1) is 12.0. The molecule has 0 spiro atoms. The first-order valence-corrected chi connectivity index (χ1v) is 10.3. The van der Waals surface area contributed by atoms with Gasteiger partial charge in [-0.05, 0) is 36.7 Å². The molecule has 25 heavy (non-hydrogen) atoms. The summed E-state index contributed by atoms with van der Waals surface area (Å²) < 4.78 is 1.07. The minimum atomic E-state index is -0.0450. The van der Waals surface area contributed by atoms with Gasteiger partial charge in [0.15, 0.2) is 0 Å². The molecule has 0 atom stereocenters. The van der Waals surface area contributed by atoms with E-state index in [9.17, 15) is 4.79 Å². The summed E-state index contributed by atoms with van der Waals surface area (Å²) in [4.78, 5) is 20.3. The summed E-state index contributed by atoms with van der Waals surface area (Å²) >= 11 is 9.44. The molecule has 0 saturated heterocycles. The molecule has 1 aromatic carbocycles. The van der Waals surface area contributed by atoms with E-state index < -0.39 is 0 Å². The SMILES string of the molecule is CCN1CCc2c(sc(NC(C)=O)c2-c2nc3ccc(Cl)cc3s2)C1. The van der Waals surface area contributed by atoms with E-state index in [1.54, 1.807) is 29.6 Å². The highest BCUT2D eigenvalue weighted by Gasteiger charge is 2.26. The molecule has 4 rings (SSSR count). The lowest BCUT2D eigenvalue weighted by Gasteiger charge is -2.25. The third-order valence-corrected chi connectivity index (χ3v) is 6.84. The molecule has 1 amide bonds. The molecule has 1 aliphatic rings. The molecule has 1 N–H and O–H groups in total. The average molecular weight is 392 g/mol. The third-order valence-electron chi connectivity index (χ3n) is 4.44. The van der Waals surface area contributed by atoms with Gasteiger partial charge < -0.3 is 5.32 Å². The summed E-state index contributed by atoms with van der Waals surface area (Å²) in [6, 6.07) is 5.77. The largest absolute Gasteiger partial charge is 0.317 e. The molecular formula is C18H18ClN3OS2. The summed E-state index contributed by atoms with van der Waals surface area (Å²) in [5.74, 6) is -0.0450. The van der Waals surface area contributed by atoms with Gasteiger partial charge in [0.25, 0.3) is 0 Å². The maximum Gasteiger partial charge on any atom is 0.221 e. The van der Waals surface area contributed by atoms with Crippen molar-refractivity contribution in [3.05, 3.63) is 33.7 Å². The summed E-state index contributed by atoms with van der Waals surface area (Å²) in [6.07, 6.45) is 0.991. The summed E-state index contributed by atoms with van der Waals surface area (Å²) in [5.41, 5.74) is 3.39. The molecule has 0 fully saturated rings. The number of aromatic nitrogens is 1. The highest BCUT2D eigenvalue weighted by Crippen LogP contribution is 2.45. The van der Waals surface area contributed by atoms with Gasteiger partial charge >= 0.3 is 0 Å². The molecule has 1 aliphatic heterocycles. The molecule has 0 bridgehead atoms. The van der Waals surface area contributed by atoms with Crippen LogP contribution in [-0.2, 0) is 17.8 Å². The molecule has 2 aromatic heterocycles. The van der Waals surface area contributed by atoms with Crippen molar-refractivity contribution in [2.75, 3.05) is 18.4 Å². The Balaban J connectivity index is 1.86. The molecule has 130 valence electrons. The van der Waals surface area contributed by atoms with Crippen molar-refractivity contribution in [3.63, 3.8) is 0 Å². The van der Waals surface area contributed by atoms with Crippen molar-refractivity contribution >= 4 is 55.4 Å². The van der Waals surface area contributed by atoms with Crippen LogP contribution in [-0.4, -0.2) is 28.9 Å². The van der Waals surface area contributed by atoms with Gasteiger partial charge in [-0.15, -0.1) is 22.7 Å². The van der Waals surface area contributed by atoms with E-state index in [-0.39, 0.29) is 5.91 Å². The van der Waals surface area contributed by atoms with Crippen LogP contribution in [0.5, 0.6) is 0 Å². The van der Waals surface area contributed by atoms with Crippen LogP contribution >= 0.6 is 34.3 Å². The monoisotopic (exact) mass is 391 g/mol. The van der Waals surface area contributed by atoms with E-state index in [0.717, 1.165) is 56.9 Å². The first-order valence-electron chi connectivity index (χ1n) is 8.26. The van der Waals surface area contributed by atoms with Crippen molar-refractivity contribution in [1.29, 1.82) is 0 Å². The Morgan fingerprint density at radius 2 is 2.24 bits per heavy atom. The predicted molar refractivity (Wildman–Crippen MR) is 107 cm³/mol. The number of amides is 1. The van der Waals surface area contributed by atoms with E-state index in [1.807, 2.05) is 18.2 Å². The van der Waals surface area contributed by atoms with E-state index in [1.165, 1.54) is 10.4 Å². The number of nitrogens with one attached hydrogen (secondary N) is 1. The van der Waals surface area contributed by atoms with E-state index in [0.29, 0.717) is 0 Å². The Hall–Kier alpha value is -1.47. The number of thiophene rings is 1. The Morgan fingerprint density at radius 1 is 1.40 bits per heavy atom. The van der Waals surface area contributed by atoms with Gasteiger partial charge in [-0.25, -0.2) is 4.98 Å². The Bertz CT molecular complexity index is 963. The molecule has 7 heteroatoms. The highest BCUT2D eigenvalue weighted by atomic mass is 35.5. The normalized spacial score (nSPS) is 14.7. The number of carbonyl (C=O) groups excluding carboxylic acids is 1. The number of hydrogen-bond donors (Lipinski definition) is 1. The van der Waals surface area contributed by atoms with Gasteiger partial charge in [-0.2, -0.15) is 0 Å². The number of fused-ring (bicyclic) bond motifs is 2. The fraction of sp³-hybridized carbons (Fsp3) is 0.333. The minimum Gasteiger partial charge on any atom is -0.317 e. The molecule has 0 aliphatic carbocycles.